The first-order valence-electron chi connectivity index (χ1n) is 3.45. The second-order valence-electron chi connectivity index (χ2n) is 3.43. The number of hydrogen-bond acceptors (Lipinski definition) is 2. The van der Waals surface area contributed by atoms with Crippen molar-refractivity contribution in [3.8, 4) is 0 Å². The summed E-state index contributed by atoms with van der Waals surface area (Å²) in [5.74, 6) is 0. The zero-order chi connectivity index (χ0) is 8.20. The van der Waals surface area contributed by atoms with Crippen molar-refractivity contribution >= 4 is 0 Å². The monoisotopic (exact) mass is 183 g/mol. The molecular formula is C7H18ClNO2. The van der Waals surface area contributed by atoms with Crippen LogP contribution >= 0.6 is 0 Å². The van der Waals surface area contributed by atoms with Gasteiger partial charge in [0.25, 0.3) is 0 Å². The molecule has 1 atom stereocenters. The van der Waals surface area contributed by atoms with Crippen molar-refractivity contribution in [2.24, 2.45) is 0 Å². The average molecular weight is 184 g/mol. The molecule has 1 aliphatic heterocycles. The Labute approximate surface area is 75.0 Å². The summed E-state index contributed by atoms with van der Waals surface area (Å²) in [6.45, 7) is 2.13. The van der Waals surface area contributed by atoms with Gasteiger partial charge in [0.2, 0.25) is 0 Å². The van der Waals surface area contributed by atoms with Crippen molar-refractivity contribution in [3.05, 3.63) is 0 Å². The molecule has 1 N–H and O–H groups in total. The van der Waals surface area contributed by atoms with E-state index in [4.69, 9.17) is 9.84 Å². The van der Waals surface area contributed by atoms with Crippen LogP contribution in [0.15, 0.2) is 0 Å². The Kier molecular flexibility index (Phi) is 7.21. The molecule has 0 radical (unpaired) electrons. The Morgan fingerprint density at radius 2 is 1.73 bits per heavy atom. The summed E-state index contributed by atoms with van der Waals surface area (Å²) in [5.41, 5.74) is 0. The number of aliphatic hydroxyl groups excluding tert-OH is 1. The van der Waals surface area contributed by atoms with Gasteiger partial charge in [-0.2, -0.15) is 0 Å². The van der Waals surface area contributed by atoms with Crippen LogP contribution in [0, 0.1) is 0 Å². The molecular weight excluding hydrogens is 166 g/mol. The number of ether oxygens (including phenoxy) is 1. The third-order valence-corrected chi connectivity index (χ3v) is 1.15. The van der Waals surface area contributed by atoms with E-state index in [0.29, 0.717) is 6.10 Å². The highest BCUT2D eigenvalue weighted by Gasteiger charge is 2.28. The SMILES string of the molecule is CO.C[N+](C)(C)CC1CO1.[Cl-]. The van der Waals surface area contributed by atoms with Gasteiger partial charge in [-0.3, -0.25) is 0 Å². The number of nitrogens with zero attached hydrogens (tertiary/aromatic N) is 1. The van der Waals surface area contributed by atoms with Crippen LogP contribution in [-0.2, 0) is 4.74 Å². The topological polar surface area (TPSA) is 32.8 Å². The number of hydrogen-bond donors (Lipinski definition) is 1. The molecule has 0 aliphatic carbocycles. The van der Waals surface area contributed by atoms with Crippen LogP contribution < -0.4 is 12.4 Å². The van der Waals surface area contributed by atoms with E-state index in [1.165, 1.54) is 0 Å². The van der Waals surface area contributed by atoms with Gasteiger partial charge in [0.15, 0.2) is 0 Å². The molecule has 1 rings (SSSR count). The maximum atomic E-state index is 7.00. The number of quaternary nitrogens is 1. The lowest BCUT2D eigenvalue weighted by molar-refractivity contribution is -0.870. The quantitative estimate of drug-likeness (QED) is 0.360. The number of epoxide rings is 1. The molecule has 0 saturated carbocycles. The number of rotatable bonds is 2. The van der Waals surface area contributed by atoms with Gasteiger partial charge in [0, 0.05) is 7.11 Å². The van der Waals surface area contributed by atoms with Crippen LogP contribution in [0.5, 0.6) is 0 Å². The molecule has 70 valence electrons. The van der Waals surface area contributed by atoms with Gasteiger partial charge in [-0.15, -0.1) is 0 Å². The van der Waals surface area contributed by atoms with E-state index in [9.17, 15) is 0 Å². The fraction of sp³-hybridized carbons (Fsp3) is 1.00. The Bertz CT molecular complexity index is 88.9. The van der Waals surface area contributed by atoms with Gasteiger partial charge in [-0.05, 0) is 0 Å². The van der Waals surface area contributed by atoms with E-state index >= 15 is 0 Å². The predicted molar refractivity (Wildman–Crippen MR) is 40.8 cm³/mol. The van der Waals surface area contributed by atoms with Gasteiger partial charge in [-0.1, -0.05) is 0 Å². The summed E-state index contributed by atoms with van der Waals surface area (Å²) in [6.07, 6.45) is 0.565. The van der Waals surface area contributed by atoms with Gasteiger partial charge in [-0.25, -0.2) is 0 Å². The van der Waals surface area contributed by atoms with Gasteiger partial charge >= 0.3 is 0 Å². The molecule has 1 saturated heterocycles. The summed E-state index contributed by atoms with van der Waals surface area (Å²) in [7, 11) is 7.55. The second kappa shape index (κ2) is 5.77. The van der Waals surface area contributed by atoms with Crippen LogP contribution in [0.1, 0.15) is 0 Å². The summed E-state index contributed by atoms with van der Waals surface area (Å²) in [6, 6.07) is 0. The highest BCUT2D eigenvalue weighted by atomic mass is 35.5. The number of halogens is 1. The van der Waals surface area contributed by atoms with Crippen LogP contribution in [-0.4, -0.2) is 57.1 Å². The molecule has 11 heavy (non-hydrogen) atoms. The van der Waals surface area contributed by atoms with Gasteiger partial charge in [0.05, 0.1) is 27.7 Å². The highest BCUT2D eigenvalue weighted by molar-refractivity contribution is 4.66. The van der Waals surface area contributed by atoms with Crippen LogP contribution in [0.4, 0.5) is 0 Å². The molecule has 3 nitrogen and oxygen atoms in total. The standard InChI is InChI=1S/C6H14NO.CH4O.ClH/c1-7(2,3)4-6-5-8-6;1-2;/h6H,4-5H2,1-3H3;2H,1H3;1H/q+1;;/p-1. The second-order valence-corrected chi connectivity index (χ2v) is 3.43. The predicted octanol–water partition coefficient (Wildman–Crippen LogP) is -3.30. The zero-order valence-corrected chi connectivity index (χ0v) is 8.43. The maximum absolute atomic E-state index is 7.00. The maximum Gasteiger partial charge on any atom is 0.130 e. The fourth-order valence-corrected chi connectivity index (χ4v) is 0.784. The minimum atomic E-state index is 0. The summed E-state index contributed by atoms with van der Waals surface area (Å²) in [4.78, 5) is 0. The number of aliphatic hydroxyl groups is 1. The van der Waals surface area contributed by atoms with E-state index in [1.54, 1.807) is 0 Å². The lowest BCUT2D eigenvalue weighted by atomic mass is 10.4. The molecule has 4 heteroatoms. The van der Waals surface area contributed by atoms with Crippen molar-refractivity contribution in [2.45, 2.75) is 6.10 Å². The minimum absolute atomic E-state index is 0. The molecule has 0 aromatic carbocycles. The molecule has 0 bridgehead atoms. The average Bonchev–Trinajstić information content (AvgIpc) is 2.52. The molecule has 0 amide bonds. The van der Waals surface area contributed by atoms with E-state index in [1.807, 2.05) is 0 Å². The van der Waals surface area contributed by atoms with E-state index in [2.05, 4.69) is 21.1 Å². The van der Waals surface area contributed by atoms with Crippen LogP contribution in [0.3, 0.4) is 0 Å². The van der Waals surface area contributed by atoms with Crippen molar-refractivity contribution in [1.29, 1.82) is 0 Å². The molecule has 1 aliphatic rings. The first-order valence-corrected chi connectivity index (χ1v) is 3.45. The fourth-order valence-electron chi connectivity index (χ4n) is 0.784. The summed E-state index contributed by atoms with van der Waals surface area (Å²) < 4.78 is 6.09. The molecule has 1 fully saturated rings. The third kappa shape index (κ3) is 10.2. The van der Waals surface area contributed by atoms with Crippen molar-refractivity contribution in [1.82, 2.24) is 0 Å². The smallest absolute Gasteiger partial charge is 0.130 e. The summed E-state index contributed by atoms with van der Waals surface area (Å²) in [5, 5.41) is 7.00. The van der Waals surface area contributed by atoms with E-state index in [0.717, 1.165) is 24.7 Å². The minimum Gasteiger partial charge on any atom is -1.00 e. The van der Waals surface area contributed by atoms with E-state index in [-0.39, 0.29) is 12.4 Å². The highest BCUT2D eigenvalue weighted by Crippen LogP contribution is 2.11. The van der Waals surface area contributed by atoms with Crippen LogP contribution in [0.25, 0.3) is 0 Å². The van der Waals surface area contributed by atoms with Gasteiger partial charge in [0.1, 0.15) is 12.6 Å². The van der Waals surface area contributed by atoms with Crippen molar-refractivity contribution < 1.29 is 26.7 Å². The lowest BCUT2D eigenvalue weighted by Gasteiger charge is -2.22. The Hall–Kier alpha value is 0.170. The molecule has 1 heterocycles. The normalized spacial score (nSPS) is 21.0. The first-order chi connectivity index (χ1) is 4.58. The van der Waals surface area contributed by atoms with Gasteiger partial charge < -0.3 is 26.7 Å². The van der Waals surface area contributed by atoms with Crippen molar-refractivity contribution in [3.63, 3.8) is 0 Å². The largest absolute Gasteiger partial charge is 1.00 e. The first kappa shape index (κ1) is 13.7. The number of likely N-dealkylation sites (N-methyl/N-ethyl adjacent to an activating group) is 1. The Morgan fingerprint density at radius 1 is 1.36 bits per heavy atom. The molecule has 0 aromatic heterocycles. The van der Waals surface area contributed by atoms with Crippen molar-refractivity contribution in [2.75, 3.05) is 41.4 Å². The molecule has 1 unspecified atom stereocenters. The van der Waals surface area contributed by atoms with Crippen LogP contribution in [0.2, 0.25) is 0 Å². The zero-order valence-electron chi connectivity index (χ0n) is 7.67. The lowest BCUT2D eigenvalue weighted by Crippen LogP contribution is -3.00. The third-order valence-electron chi connectivity index (χ3n) is 1.15. The molecule has 0 aromatic rings. The summed E-state index contributed by atoms with van der Waals surface area (Å²) >= 11 is 0. The Balaban J connectivity index is 0. The Morgan fingerprint density at radius 3 is 1.82 bits per heavy atom. The van der Waals surface area contributed by atoms with E-state index < -0.39 is 0 Å². The molecule has 0 spiro atoms.